The Bertz CT molecular complexity index is 486. The molecule has 5 heteroatoms. The van der Waals surface area contributed by atoms with Gasteiger partial charge in [-0.2, -0.15) is 0 Å². The lowest BCUT2D eigenvalue weighted by molar-refractivity contribution is 0.564. The van der Waals surface area contributed by atoms with Crippen LogP contribution in [-0.2, 0) is 0 Å². The number of hydrazine groups is 1. The SMILES string of the molecule is NNC(c1ccc(Br)s1)c1ccccc1F. The third-order valence-electron chi connectivity index (χ3n) is 2.26. The number of halogens is 2. The zero-order valence-electron chi connectivity index (χ0n) is 8.28. The Morgan fingerprint density at radius 3 is 2.56 bits per heavy atom. The molecule has 3 N–H and O–H groups in total. The first kappa shape index (κ1) is 11.7. The molecule has 2 nitrogen and oxygen atoms in total. The summed E-state index contributed by atoms with van der Waals surface area (Å²) < 4.78 is 14.6. The fourth-order valence-corrected chi connectivity index (χ4v) is 3.02. The van der Waals surface area contributed by atoms with E-state index >= 15 is 0 Å². The summed E-state index contributed by atoms with van der Waals surface area (Å²) in [6, 6.07) is 10.2. The van der Waals surface area contributed by atoms with Crippen LogP contribution in [0.2, 0.25) is 0 Å². The summed E-state index contributed by atoms with van der Waals surface area (Å²) in [5.74, 6) is 5.24. The van der Waals surface area contributed by atoms with Gasteiger partial charge in [0.1, 0.15) is 5.82 Å². The molecule has 2 rings (SSSR count). The van der Waals surface area contributed by atoms with E-state index in [0.717, 1.165) is 8.66 Å². The fourth-order valence-electron chi connectivity index (χ4n) is 1.52. The van der Waals surface area contributed by atoms with Crippen molar-refractivity contribution >= 4 is 27.3 Å². The zero-order chi connectivity index (χ0) is 11.5. The van der Waals surface area contributed by atoms with Gasteiger partial charge in [-0.3, -0.25) is 5.84 Å². The third-order valence-corrected chi connectivity index (χ3v) is 3.95. The van der Waals surface area contributed by atoms with Crippen molar-refractivity contribution in [1.82, 2.24) is 5.43 Å². The van der Waals surface area contributed by atoms with Gasteiger partial charge in [0.05, 0.1) is 9.83 Å². The second-order valence-electron chi connectivity index (χ2n) is 3.26. The number of nitrogens with two attached hydrogens (primary N) is 1. The first-order valence-corrected chi connectivity index (χ1v) is 6.29. The van der Waals surface area contributed by atoms with Gasteiger partial charge in [0.2, 0.25) is 0 Å². The summed E-state index contributed by atoms with van der Waals surface area (Å²) in [5, 5.41) is 0. The van der Waals surface area contributed by atoms with Crippen molar-refractivity contribution in [2.75, 3.05) is 0 Å². The summed E-state index contributed by atoms with van der Waals surface area (Å²) >= 11 is 4.91. The molecular formula is C11H10BrFN2S. The molecule has 0 radical (unpaired) electrons. The number of hydrogen-bond donors (Lipinski definition) is 2. The van der Waals surface area contributed by atoms with Crippen LogP contribution >= 0.6 is 27.3 Å². The van der Waals surface area contributed by atoms with Crippen molar-refractivity contribution in [3.05, 3.63) is 56.4 Å². The highest BCUT2D eigenvalue weighted by Gasteiger charge is 2.17. The van der Waals surface area contributed by atoms with E-state index in [2.05, 4.69) is 21.4 Å². The van der Waals surface area contributed by atoms with E-state index in [9.17, 15) is 4.39 Å². The van der Waals surface area contributed by atoms with E-state index in [4.69, 9.17) is 5.84 Å². The minimum Gasteiger partial charge on any atom is -0.271 e. The molecule has 1 unspecified atom stereocenters. The van der Waals surface area contributed by atoms with E-state index in [-0.39, 0.29) is 11.9 Å². The molecule has 0 aliphatic heterocycles. The molecule has 0 amide bonds. The minimum atomic E-state index is -0.308. The minimum absolute atomic E-state index is 0.255. The van der Waals surface area contributed by atoms with Crippen molar-refractivity contribution in [3.8, 4) is 0 Å². The maximum atomic E-state index is 13.6. The quantitative estimate of drug-likeness (QED) is 0.675. The van der Waals surface area contributed by atoms with Crippen molar-refractivity contribution in [3.63, 3.8) is 0 Å². The lowest BCUT2D eigenvalue weighted by Gasteiger charge is -2.15. The van der Waals surface area contributed by atoms with E-state index < -0.39 is 0 Å². The molecule has 0 aliphatic carbocycles. The average Bonchev–Trinajstić information content (AvgIpc) is 2.69. The molecule has 1 aromatic heterocycles. The largest absolute Gasteiger partial charge is 0.271 e. The predicted molar refractivity (Wildman–Crippen MR) is 67.6 cm³/mol. The highest BCUT2D eigenvalue weighted by Crippen LogP contribution is 2.31. The molecule has 1 heterocycles. The molecule has 0 saturated heterocycles. The molecule has 1 atom stereocenters. The number of nitrogens with one attached hydrogen (secondary N) is 1. The maximum Gasteiger partial charge on any atom is 0.128 e. The Morgan fingerprint density at radius 2 is 2.00 bits per heavy atom. The Kier molecular flexibility index (Phi) is 3.70. The average molecular weight is 301 g/mol. The smallest absolute Gasteiger partial charge is 0.128 e. The molecule has 84 valence electrons. The molecule has 0 bridgehead atoms. The van der Waals surface area contributed by atoms with Gasteiger partial charge in [-0.1, -0.05) is 18.2 Å². The first-order valence-electron chi connectivity index (χ1n) is 4.68. The first-order chi connectivity index (χ1) is 7.72. The van der Waals surface area contributed by atoms with Crippen LogP contribution in [0.15, 0.2) is 40.2 Å². The molecule has 0 saturated carbocycles. The molecular weight excluding hydrogens is 291 g/mol. The zero-order valence-corrected chi connectivity index (χ0v) is 10.7. The lowest BCUT2D eigenvalue weighted by Crippen LogP contribution is -2.28. The Morgan fingerprint density at radius 1 is 1.25 bits per heavy atom. The van der Waals surface area contributed by atoms with Crippen molar-refractivity contribution < 1.29 is 4.39 Å². The summed E-state index contributed by atoms with van der Waals surface area (Å²) in [7, 11) is 0. The second-order valence-corrected chi connectivity index (χ2v) is 5.76. The van der Waals surface area contributed by atoms with Crippen molar-refractivity contribution in [2.45, 2.75) is 6.04 Å². The lowest BCUT2D eigenvalue weighted by atomic mass is 10.1. The molecule has 0 fully saturated rings. The summed E-state index contributed by atoms with van der Waals surface area (Å²) in [4.78, 5) is 0.972. The van der Waals surface area contributed by atoms with Gasteiger partial charge in [-0.15, -0.1) is 11.3 Å². The highest BCUT2D eigenvalue weighted by molar-refractivity contribution is 9.11. The Balaban J connectivity index is 2.40. The Hall–Kier alpha value is -0.750. The van der Waals surface area contributed by atoms with Gasteiger partial charge in [0, 0.05) is 10.4 Å². The number of hydrogen-bond acceptors (Lipinski definition) is 3. The van der Waals surface area contributed by atoms with Crippen LogP contribution in [0, 0.1) is 5.82 Å². The predicted octanol–water partition coefficient (Wildman–Crippen LogP) is 3.20. The maximum absolute atomic E-state index is 13.6. The van der Waals surface area contributed by atoms with Gasteiger partial charge in [-0.25, -0.2) is 9.82 Å². The molecule has 1 aromatic carbocycles. The molecule has 0 aliphatic rings. The molecule has 0 spiro atoms. The van der Waals surface area contributed by atoms with Crippen LogP contribution in [0.5, 0.6) is 0 Å². The highest BCUT2D eigenvalue weighted by atomic mass is 79.9. The monoisotopic (exact) mass is 300 g/mol. The van der Waals surface area contributed by atoms with Gasteiger partial charge in [0.25, 0.3) is 0 Å². The number of benzene rings is 1. The van der Waals surface area contributed by atoms with E-state index in [1.807, 2.05) is 12.1 Å². The van der Waals surface area contributed by atoms with Gasteiger partial charge in [0.15, 0.2) is 0 Å². The Labute approximate surface area is 105 Å². The second kappa shape index (κ2) is 5.05. The van der Waals surface area contributed by atoms with E-state index in [1.165, 1.54) is 17.4 Å². The fraction of sp³-hybridized carbons (Fsp3) is 0.0909. The van der Waals surface area contributed by atoms with Gasteiger partial charge in [-0.05, 0) is 34.1 Å². The van der Waals surface area contributed by atoms with Crippen molar-refractivity contribution in [2.24, 2.45) is 5.84 Å². The van der Waals surface area contributed by atoms with Crippen LogP contribution in [-0.4, -0.2) is 0 Å². The molecule has 2 aromatic rings. The topological polar surface area (TPSA) is 38.0 Å². The standard InChI is InChI=1S/C11H10BrFN2S/c12-10-6-5-9(16-10)11(15-14)7-3-1-2-4-8(7)13/h1-6,11,15H,14H2. The summed E-state index contributed by atoms with van der Waals surface area (Å²) in [5.41, 5.74) is 3.19. The van der Waals surface area contributed by atoms with Crippen LogP contribution in [0.25, 0.3) is 0 Å². The molecule has 16 heavy (non-hydrogen) atoms. The normalized spacial score (nSPS) is 12.7. The summed E-state index contributed by atoms with van der Waals surface area (Å²) in [6.45, 7) is 0. The van der Waals surface area contributed by atoms with Crippen LogP contribution < -0.4 is 11.3 Å². The van der Waals surface area contributed by atoms with Gasteiger partial charge < -0.3 is 0 Å². The number of thiophene rings is 1. The van der Waals surface area contributed by atoms with Crippen molar-refractivity contribution in [1.29, 1.82) is 0 Å². The summed E-state index contributed by atoms with van der Waals surface area (Å²) in [6.07, 6.45) is 0. The number of rotatable bonds is 3. The van der Waals surface area contributed by atoms with Crippen LogP contribution in [0.3, 0.4) is 0 Å². The van der Waals surface area contributed by atoms with Gasteiger partial charge >= 0.3 is 0 Å². The van der Waals surface area contributed by atoms with Crippen LogP contribution in [0.1, 0.15) is 16.5 Å². The third kappa shape index (κ3) is 2.32. The van der Waals surface area contributed by atoms with Crippen LogP contribution in [0.4, 0.5) is 4.39 Å². The van der Waals surface area contributed by atoms with E-state index in [1.54, 1.807) is 18.2 Å². The van der Waals surface area contributed by atoms with E-state index in [0.29, 0.717) is 5.56 Å².